The molecule has 11 rings (SSSR count). The van der Waals surface area contributed by atoms with Gasteiger partial charge in [-0.05, 0) is 136 Å². The summed E-state index contributed by atoms with van der Waals surface area (Å²) in [5, 5.41) is 15.6. The minimum atomic E-state index is 0.984. The van der Waals surface area contributed by atoms with E-state index in [4.69, 9.17) is 4.98 Å². The first-order chi connectivity index (χ1) is 24.7. The molecule has 0 atom stereocenters. The van der Waals surface area contributed by atoms with Crippen LogP contribution in [0.5, 0.6) is 0 Å². The van der Waals surface area contributed by atoms with E-state index < -0.39 is 0 Å². The highest BCUT2D eigenvalue weighted by Crippen LogP contribution is 2.44. The maximum Gasteiger partial charge on any atom is 0.111 e. The fraction of sp³-hybridized carbons (Fsp3) is 0.0208. The van der Waals surface area contributed by atoms with Crippen molar-refractivity contribution < 1.29 is 0 Å². The molecule has 1 heterocycles. The molecule has 2 nitrogen and oxygen atoms in total. The van der Waals surface area contributed by atoms with Crippen molar-refractivity contribution in [1.82, 2.24) is 9.55 Å². The molecule has 0 saturated carbocycles. The predicted octanol–water partition coefficient (Wildman–Crippen LogP) is 13.0. The quantitative estimate of drug-likeness (QED) is 0.177. The van der Waals surface area contributed by atoms with Gasteiger partial charge in [-0.3, -0.25) is 4.57 Å². The van der Waals surface area contributed by atoms with Gasteiger partial charge in [-0.1, -0.05) is 121 Å². The summed E-state index contributed by atoms with van der Waals surface area (Å²) in [6.07, 6.45) is 0. The average Bonchev–Trinajstić information content (AvgIpc) is 3.51. The molecule has 0 bridgehead atoms. The monoisotopic (exact) mass is 634 g/mol. The Morgan fingerprint density at radius 3 is 1.58 bits per heavy atom. The van der Waals surface area contributed by atoms with Gasteiger partial charge in [0.25, 0.3) is 0 Å². The number of rotatable bonds is 3. The van der Waals surface area contributed by atoms with Gasteiger partial charge < -0.3 is 0 Å². The lowest BCUT2D eigenvalue weighted by atomic mass is 9.86. The number of imidazole rings is 1. The fourth-order valence-corrected chi connectivity index (χ4v) is 8.61. The Kier molecular flexibility index (Phi) is 5.62. The van der Waals surface area contributed by atoms with Crippen molar-refractivity contribution >= 4 is 75.7 Å². The van der Waals surface area contributed by atoms with E-state index in [1.165, 1.54) is 81.3 Å². The topological polar surface area (TPSA) is 17.8 Å². The van der Waals surface area contributed by atoms with Crippen LogP contribution in [0.4, 0.5) is 0 Å². The van der Waals surface area contributed by atoms with Crippen LogP contribution >= 0.6 is 0 Å². The van der Waals surface area contributed by atoms with Gasteiger partial charge in [-0.2, -0.15) is 0 Å². The Hall–Kier alpha value is -6.51. The van der Waals surface area contributed by atoms with Crippen LogP contribution < -0.4 is 0 Å². The van der Waals surface area contributed by atoms with E-state index in [0.29, 0.717) is 0 Å². The molecule has 0 radical (unpaired) electrons. The summed E-state index contributed by atoms with van der Waals surface area (Å²) in [4.78, 5) is 4.97. The summed E-state index contributed by atoms with van der Waals surface area (Å²) in [5.74, 6) is 0.984. The Labute approximate surface area is 288 Å². The van der Waals surface area contributed by atoms with Crippen molar-refractivity contribution in [2.75, 3.05) is 0 Å². The highest BCUT2D eigenvalue weighted by atomic mass is 15.1. The zero-order chi connectivity index (χ0) is 32.9. The standard InChI is InChI=1S/C48H30N2/c1-29-49-43-28-35(23-24-44(43)50(29)38-14-3-2-4-15-38)33-12-5-13-34(25-33)37-26-36-22-21-32-10-7-17-40-39-16-6-9-30-19-20-31-11-8-18-41(47(31)45(30)39)42(27-37)48(36)46(32)40/h2-28H,1H3. The molecular weight excluding hydrogens is 605 g/mol. The molecular formula is C48H30N2. The Bertz CT molecular complexity index is 3140. The third-order valence-corrected chi connectivity index (χ3v) is 10.8. The van der Waals surface area contributed by atoms with Crippen molar-refractivity contribution in [1.29, 1.82) is 0 Å². The van der Waals surface area contributed by atoms with Crippen LogP contribution in [-0.4, -0.2) is 9.55 Å². The van der Waals surface area contributed by atoms with Crippen molar-refractivity contribution in [3.63, 3.8) is 0 Å². The summed E-state index contributed by atoms with van der Waals surface area (Å²) < 4.78 is 2.23. The van der Waals surface area contributed by atoms with E-state index in [2.05, 4.69) is 175 Å². The summed E-state index contributed by atoms with van der Waals surface area (Å²) in [6, 6.07) is 60.5. The van der Waals surface area contributed by atoms with Gasteiger partial charge in [0.05, 0.1) is 11.0 Å². The van der Waals surface area contributed by atoms with Crippen LogP contribution in [0.25, 0.3) is 104 Å². The van der Waals surface area contributed by atoms with E-state index in [-0.39, 0.29) is 0 Å². The summed E-state index contributed by atoms with van der Waals surface area (Å²) in [5.41, 5.74) is 8.01. The number of para-hydroxylation sites is 1. The van der Waals surface area contributed by atoms with Gasteiger partial charge >= 0.3 is 0 Å². The van der Waals surface area contributed by atoms with Crippen LogP contribution in [0.1, 0.15) is 5.82 Å². The van der Waals surface area contributed by atoms with Gasteiger partial charge in [0, 0.05) is 5.69 Å². The molecule has 2 heteroatoms. The number of nitrogens with zero attached hydrogens (tertiary/aromatic N) is 2. The molecule has 232 valence electrons. The highest BCUT2D eigenvalue weighted by Gasteiger charge is 2.17. The largest absolute Gasteiger partial charge is 0.297 e. The molecule has 0 N–H and O–H groups in total. The minimum absolute atomic E-state index is 0.984. The van der Waals surface area contributed by atoms with Crippen molar-refractivity contribution in [2.24, 2.45) is 0 Å². The molecule has 1 aromatic heterocycles. The van der Waals surface area contributed by atoms with Gasteiger partial charge in [0.15, 0.2) is 0 Å². The van der Waals surface area contributed by atoms with Crippen LogP contribution in [-0.2, 0) is 0 Å². The van der Waals surface area contributed by atoms with Crippen LogP contribution in [0.3, 0.4) is 0 Å². The molecule has 0 aliphatic carbocycles. The molecule has 50 heavy (non-hydrogen) atoms. The van der Waals surface area contributed by atoms with Gasteiger partial charge in [0.1, 0.15) is 5.82 Å². The minimum Gasteiger partial charge on any atom is -0.297 e. The number of benzene rings is 9. The Morgan fingerprint density at radius 1 is 0.380 bits per heavy atom. The lowest BCUT2D eigenvalue weighted by Gasteiger charge is -2.17. The SMILES string of the molecule is Cc1nc2cc(-c3cccc(-c4cc5ccc6cccc7c8cccc9ccc%10cccc(c(c4)c5c67)c%10c98)c3)ccc2n1-c1ccccc1. The molecule has 0 saturated heterocycles. The van der Waals surface area contributed by atoms with E-state index in [0.717, 1.165) is 28.1 Å². The number of fused-ring (bicyclic) bond motifs is 3. The predicted molar refractivity (Wildman–Crippen MR) is 213 cm³/mol. The second kappa shape index (κ2) is 10.2. The average molecular weight is 635 g/mol. The van der Waals surface area contributed by atoms with E-state index in [9.17, 15) is 0 Å². The van der Waals surface area contributed by atoms with Gasteiger partial charge in [-0.15, -0.1) is 0 Å². The normalized spacial score (nSPS) is 12.1. The van der Waals surface area contributed by atoms with Crippen LogP contribution in [0.15, 0.2) is 164 Å². The first-order valence-electron chi connectivity index (χ1n) is 17.3. The first-order valence-corrected chi connectivity index (χ1v) is 17.3. The molecule has 0 fully saturated rings. The zero-order valence-corrected chi connectivity index (χ0v) is 27.5. The molecule has 10 aromatic carbocycles. The summed E-state index contributed by atoms with van der Waals surface area (Å²) >= 11 is 0. The van der Waals surface area contributed by atoms with Crippen LogP contribution in [0, 0.1) is 6.92 Å². The number of aryl methyl sites for hydroxylation is 1. The van der Waals surface area contributed by atoms with Gasteiger partial charge in [-0.25, -0.2) is 4.98 Å². The number of aromatic nitrogens is 2. The third-order valence-electron chi connectivity index (χ3n) is 10.8. The summed E-state index contributed by atoms with van der Waals surface area (Å²) in [7, 11) is 0. The number of hydrogen-bond donors (Lipinski definition) is 0. The summed E-state index contributed by atoms with van der Waals surface area (Å²) in [6.45, 7) is 2.08. The molecule has 11 aromatic rings. The maximum absolute atomic E-state index is 4.97. The zero-order valence-electron chi connectivity index (χ0n) is 27.5. The van der Waals surface area contributed by atoms with Crippen molar-refractivity contribution in [3.8, 4) is 27.9 Å². The van der Waals surface area contributed by atoms with Gasteiger partial charge in [0.2, 0.25) is 0 Å². The second-order valence-electron chi connectivity index (χ2n) is 13.6. The molecule has 0 aliphatic heterocycles. The molecule has 0 aliphatic rings. The van der Waals surface area contributed by atoms with Crippen molar-refractivity contribution in [3.05, 3.63) is 170 Å². The second-order valence-corrected chi connectivity index (χ2v) is 13.6. The molecule has 0 spiro atoms. The lowest BCUT2D eigenvalue weighted by Crippen LogP contribution is -1.95. The molecule has 0 amide bonds. The third kappa shape index (κ3) is 3.88. The number of hydrogen-bond acceptors (Lipinski definition) is 1. The highest BCUT2D eigenvalue weighted by molar-refractivity contribution is 6.37. The van der Waals surface area contributed by atoms with E-state index >= 15 is 0 Å². The smallest absolute Gasteiger partial charge is 0.111 e. The fourth-order valence-electron chi connectivity index (χ4n) is 8.61. The first kappa shape index (κ1) is 27.4. The van der Waals surface area contributed by atoms with Crippen LogP contribution in [0.2, 0.25) is 0 Å². The maximum atomic E-state index is 4.97. The van der Waals surface area contributed by atoms with E-state index in [1.54, 1.807) is 0 Å². The molecule has 0 unspecified atom stereocenters. The Morgan fingerprint density at radius 2 is 0.920 bits per heavy atom. The van der Waals surface area contributed by atoms with E-state index in [1.807, 2.05) is 0 Å². The van der Waals surface area contributed by atoms with Crippen molar-refractivity contribution in [2.45, 2.75) is 6.92 Å². The lowest BCUT2D eigenvalue weighted by molar-refractivity contribution is 1.00. The Balaban J connectivity index is 1.17.